The summed E-state index contributed by atoms with van der Waals surface area (Å²) < 4.78 is 0. The van der Waals surface area contributed by atoms with Crippen LogP contribution < -0.4 is 0 Å². The average Bonchev–Trinajstić information content (AvgIpc) is 2.16. The Bertz CT molecular complexity index is 307. The first kappa shape index (κ1) is 10.3. The number of carbonyl (C=O) groups excluding carboxylic acids is 1. The number of aryl methyl sites for hydroxylation is 1. The van der Waals surface area contributed by atoms with E-state index < -0.39 is 0 Å². The van der Waals surface area contributed by atoms with Gasteiger partial charge in [-0.15, -0.1) is 12.6 Å². The van der Waals surface area contributed by atoms with E-state index in [4.69, 9.17) is 0 Å². The van der Waals surface area contributed by atoms with E-state index >= 15 is 0 Å². The fourth-order valence-corrected chi connectivity index (χ4v) is 1.62. The third-order valence-electron chi connectivity index (χ3n) is 2.22. The van der Waals surface area contributed by atoms with Gasteiger partial charge in [-0.2, -0.15) is 0 Å². The molecule has 0 N–H and O–H groups in total. The van der Waals surface area contributed by atoms with Gasteiger partial charge in [-0.05, 0) is 23.6 Å². The summed E-state index contributed by atoms with van der Waals surface area (Å²) in [5.74, 6) is -0.0307. The summed E-state index contributed by atoms with van der Waals surface area (Å²) in [4.78, 5) is 11.5. The van der Waals surface area contributed by atoms with E-state index in [1.807, 2.05) is 25.1 Å². The van der Waals surface area contributed by atoms with Gasteiger partial charge in [-0.3, -0.25) is 0 Å². The van der Waals surface area contributed by atoms with Crippen molar-refractivity contribution in [3.8, 4) is 0 Å². The number of thiol groups is 1. The maximum atomic E-state index is 10.5. The molecule has 0 fully saturated rings. The summed E-state index contributed by atoms with van der Waals surface area (Å²) in [6.45, 7) is 3.99. The number of hydrogen-bond acceptors (Lipinski definition) is 2. The molecule has 13 heavy (non-hydrogen) atoms. The molecule has 0 aromatic heterocycles. The van der Waals surface area contributed by atoms with Crippen molar-refractivity contribution in [3.63, 3.8) is 0 Å². The lowest BCUT2D eigenvalue weighted by Crippen LogP contribution is -1.95. The molecule has 0 saturated carbocycles. The molecule has 1 rings (SSSR count). The van der Waals surface area contributed by atoms with E-state index in [1.54, 1.807) is 0 Å². The van der Waals surface area contributed by atoms with E-state index in [9.17, 15) is 4.79 Å². The first-order valence-corrected chi connectivity index (χ1v) is 4.90. The van der Waals surface area contributed by atoms with Crippen LogP contribution in [0.5, 0.6) is 0 Å². The Morgan fingerprint density at radius 3 is 2.69 bits per heavy atom. The average molecular weight is 194 g/mol. The maximum absolute atomic E-state index is 10.5. The van der Waals surface area contributed by atoms with Crippen LogP contribution >= 0.6 is 12.6 Å². The minimum atomic E-state index is -0.0307. The SMILES string of the molecule is CCc1ccc(C(C)C=O)cc1S. The normalized spacial score (nSPS) is 12.5. The van der Waals surface area contributed by atoms with Crippen molar-refractivity contribution in [1.29, 1.82) is 0 Å². The smallest absolute Gasteiger partial charge is 0.127 e. The number of carbonyl (C=O) groups is 1. The van der Waals surface area contributed by atoms with Crippen molar-refractivity contribution in [1.82, 2.24) is 0 Å². The quantitative estimate of drug-likeness (QED) is 0.578. The van der Waals surface area contributed by atoms with Gasteiger partial charge in [0.15, 0.2) is 0 Å². The van der Waals surface area contributed by atoms with Crippen molar-refractivity contribution in [3.05, 3.63) is 29.3 Å². The molecule has 0 spiro atoms. The summed E-state index contributed by atoms with van der Waals surface area (Å²) in [5.41, 5.74) is 2.27. The third-order valence-corrected chi connectivity index (χ3v) is 2.64. The fraction of sp³-hybridized carbons (Fsp3) is 0.364. The van der Waals surface area contributed by atoms with Gasteiger partial charge in [-0.25, -0.2) is 0 Å². The molecule has 0 saturated heterocycles. The minimum absolute atomic E-state index is 0.0307. The number of aldehydes is 1. The van der Waals surface area contributed by atoms with Crippen molar-refractivity contribution >= 4 is 18.9 Å². The molecule has 1 unspecified atom stereocenters. The van der Waals surface area contributed by atoms with Crippen LogP contribution in [-0.2, 0) is 11.2 Å². The molecule has 2 heteroatoms. The predicted molar refractivity (Wildman–Crippen MR) is 57.6 cm³/mol. The highest BCUT2D eigenvalue weighted by Gasteiger charge is 2.05. The van der Waals surface area contributed by atoms with Crippen molar-refractivity contribution in [2.75, 3.05) is 0 Å². The van der Waals surface area contributed by atoms with Gasteiger partial charge in [0.25, 0.3) is 0 Å². The highest BCUT2D eigenvalue weighted by Crippen LogP contribution is 2.20. The van der Waals surface area contributed by atoms with E-state index in [2.05, 4.69) is 19.6 Å². The first-order chi connectivity index (χ1) is 6.19. The van der Waals surface area contributed by atoms with Gasteiger partial charge >= 0.3 is 0 Å². The van der Waals surface area contributed by atoms with Crippen LogP contribution in [0.1, 0.15) is 30.9 Å². The Morgan fingerprint density at radius 2 is 2.23 bits per heavy atom. The Labute approximate surface area is 84.6 Å². The third kappa shape index (κ3) is 2.34. The van der Waals surface area contributed by atoms with Gasteiger partial charge in [0.05, 0.1) is 0 Å². The van der Waals surface area contributed by atoms with E-state index in [0.29, 0.717) is 0 Å². The molecule has 0 amide bonds. The zero-order valence-electron chi connectivity index (χ0n) is 7.95. The molecule has 0 radical (unpaired) electrons. The molecule has 70 valence electrons. The second kappa shape index (κ2) is 4.47. The zero-order chi connectivity index (χ0) is 9.84. The van der Waals surface area contributed by atoms with E-state index in [0.717, 1.165) is 23.2 Å². The van der Waals surface area contributed by atoms with Crippen LogP contribution in [0.25, 0.3) is 0 Å². The summed E-state index contributed by atoms with van der Waals surface area (Å²) in [6.07, 6.45) is 1.93. The molecule has 0 aliphatic heterocycles. The molecule has 1 aromatic carbocycles. The summed E-state index contributed by atoms with van der Waals surface area (Å²) in [7, 11) is 0. The Kier molecular flexibility index (Phi) is 3.55. The van der Waals surface area contributed by atoms with Gasteiger partial charge < -0.3 is 4.79 Å². The van der Waals surface area contributed by atoms with Crippen molar-refractivity contribution in [2.45, 2.75) is 31.1 Å². The Hall–Kier alpha value is -0.760. The van der Waals surface area contributed by atoms with Crippen LogP contribution in [0.2, 0.25) is 0 Å². The maximum Gasteiger partial charge on any atom is 0.127 e. The molecular formula is C11H14OS. The molecule has 1 aromatic rings. The Balaban J connectivity index is 3.02. The number of hydrogen-bond donors (Lipinski definition) is 1. The summed E-state index contributed by atoms with van der Waals surface area (Å²) in [5, 5.41) is 0. The van der Waals surface area contributed by atoms with Crippen LogP contribution in [0.3, 0.4) is 0 Å². The number of rotatable bonds is 3. The van der Waals surface area contributed by atoms with Gasteiger partial charge in [-0.1, -0.05) is 26.0 Å². The lowest BCUT2D eigenvalue weighted by Gasteiger charge is -2.07. The van der Waals surface area contributed by atoms with Crippen LogP contribution in [0.15, 0.2) is 23.1 Å². The standard InChI is InChI=1S/C11H14OS/c1-3-9-4-5-10(6-11(9)13)8(2)7-12/h4-8,13H,3H2,1-2H3. The second-order valence-corrected chi connectivity index (χ2v) is 3.65. The lowest BCUT2D eigenvalue weighted by molar-refractivity contribution is -0.108. The highest BCUT2D eigenvalue weighted by atomic mass is 32.1. The van der Waals surface area contributed by atoms with Crippen LogP contribution in [0, 0.1) is 0 Å². The van der Waals surface area contributed by atoms with E-state index in [1.165, 1.54) is 5.56 Å². The topological polar surface area (TPSA) is 17.1 Å². The van der Waals surface area contributed by atoms with Crippen molar-refractivity contribution < 1.29 is 4.79 Å². The van der Waals surface area contributed by atoms with E-state index in [-0.39, 0.29) is 5.92 Å². The number of benzene rings is 1. The lowest BCUT2D eigenvalue weighted by atomic mass is 10.0. The minimum Gasteiger partial charge on any atom is -0.303 e. The largest absolute Gasteiger partial charge is 0.303 e. The molecule has 0 aliphatic carbocycles. The Morgan fingerprint density at radius 1 is 1.54 bits per heavy atom. The monoisotopic (exact) mass is 194 g/mol. The molecule has 0 heterocycles. The van der Waals surface area contributed by atoms with Crippen molar-refractivity contribution in [2.24, 2.45) is 0 Å². The van der Waals surface area contributed by atoms with Crippen LogP contribution in [0.4, 0.5) is 0 Å². The van der Waals surface area contributed by atoms with Gasteiger partial charge in [0.1, 0.15) is 6.29 Å². The fourth-order valence-electron chi connectivity index (χ4n) is 1.24. The molecule has 0 aliphatic rings. The molecular weight excluding hydrogens is 180 g/mol. The molecule has 0 bridgehead atoms. The summed E-state index contributed by atoms with van der Waals surface area (Å²) in [6, 6.07) is 6.01. The second-order valence-electron chi connectivity index (χ2n) is 3.17. The molecule has 1 nitrogen and oxygen atoms in total. The predicted octanol–water partition coefficient (Wildman–Crippen LogP) is 2.84. The summed E-state index contributed by atoms with van der Waals surface area (Å²) >= 11 is 4.37. The first-order valence-electron chi connectivity index (χ1n) is 4.46. The van der Waals surface area contributed by atoms with Crippen LogP contribution in [-0.4, -0.2) is 6.29 Å². The molecule has 1 atom stereocenters. The highest BCUT2D eigenvalue weighted by molar-refractivity contribution is 7.80. The van der Waals surface area contributed by atoms with Gasteiger partial charge in [0.2, 0.25) is 0 Å². The van der Waals surface area contributed by atoms with Gasteiger partial charge in [0, 0.05) is 10.8 Å². The zero-order valence-corrected chi connectivity index (χ0v) is 8.84.